The third-order valence-corrected chi connectivity index (χ3v) is 5.38. The Hall–Kier alpha value is -0.580. The maximum atomic E-state index is 12.2. The molecular weight excluding hydrogens is 292 g/mol. The van der Waals surface area contributed by atoms with E-state index in [9.17, 15) is 4.79 Å². The van der Waals surface area contributed by atoms with Gasteiger partial charge in [0.1, 0.15) is 0 Å². The quantitative estimate of drug-likeness (QED) is 0.901. The van der Waals surface area contributed by atoms with Crippen molar-refractivity contribution in [1.82, 2.24) is 5.32 Å². The first kappa shape index (κ1) is 15.8. The molecule has 3 rings (SSSR count). The van der Waals surface area contributed by atoms with Gasteiger partial charge in [0.2, 0.25) is 5.91 Å². The van der Waals surface area contributed by atoms with Crippen LogP contribution in [-0.4, -0.2) is 18.0 Å². The lowest BCUT2D eigenvalue weighted by Crippen LogP contribution is -2.54. The van der Waals surface area contributed by atoms with E-state index in [0.29, 0.717) is 30.3 Å². The van der Waals surface area contributed by atoms with Crippen LogP contribution in [0.15, 0.2) is 16.8 Å². The molecule has 3 nitrogen and oxygen atoms in total. The van der Waals surface area contributed by atoms with Crippen LogP contribution in [0.1, 0.15) is 37.7 Å². The summed E-state index contributed by atoms with van der Waals surface area (Å²) in [6.07, 6.45) is 6.45. The minimum Gasteiger partial charge on any atom is -0.353 e. The summed E-state index contributed by atoms with van der Waals surface area (Å²) in [5.74, 6) is 1.39. The number of hydrogen-bond acceptors (Lipinski definition) is 3. The predicted octanol–water partition coefficient (Wildman–Crippen LogP) is 2.73. The topological polar surface area (TPSA) is 55.1 Å². The zero-order valence-electron chi connectivity index (χ0n) is 11.6. The van der Waals surface area contributed by atoms with Crippen LogP contribution >= 0.6 is 23.7 Å². The summed E-state index contributed by atoms with van der Waals surface area (Å²) >= 11 is 1.65. The molecule has 112 valence electrons. The van der Waals surface area contributed by atoms with Crippen LogP contribution < -0.4 is 11.1 Å². The highest BCUT2D eigenvalue weighted by atomic mass is 35.5. The first-order valence-corrected chi connectivity index (χ1v) is 8.22. The molecular formula is C15H23ClN2OS. The monoisotopic (exact) mass is 314 g/mol. The molecule has 2 fully saturated rings. The van der Waals surface area contributed by atoms with Gasteiger partial charge in [-0.25, -0.2) is 0 Å². The second-order valence-corrected chi connectivity index (χ2v) is 6.86. The third kappa shape index (κ3) is 3.54. The van der Waals surface area contributed by atoms with E-state index in [2.05, 4.69) is 10.7 Å². The van der Waals surface area contributed by atoms with Gasteiger partial charge < -0.3 is 11.1 Å². The molecule has 1 aromatic heterocycles. The lowest BCUT2D eigenvalue weighted by atomic mass is 9.67. The zero-order chi connectivity index (χ0) is 13.2. The zero-order valence-corrected chi connectivity index (χ0v) is 13.2. The van der Waals surface area contributed by atoms with Gasteiger partial charge in [-0.2, -0.15) is 11.3 Å². The molecule has 0 spiro atoms. The smallest absolute Gasteiger partial charge is 0.224 e. The molecule has 3 N–H and O–H groups in total. The molecule has 0 aromatic carbocycles. The van der Waals surface area contributed by atoms with Gasteiger partial charge in [-0.15, -0.1) is 12.4 Å². The first-order chi connectivity index (χ1) is 9.22. The molecule has 5 heteroatoms. The van der Waals surface area contributed by atoms with Gasteiger partial charge in [-0.05, 0) is 59.9 Å². The summed E-state index contributed by atoms with van der Waals surface area (Å²) in [5, 5.41) is 7.37. The number of amides is 1. The Morgan fingerprint density at radius 2 is 2.05 bits per heavy atom. The van der Waals surface area contributed by atoms with Crippen LogP contribution in [0.3, 0.4) is 0 Å². The van der Waals surface area contributed by atoms with E-state index in [4.69, 9.17) is 5.73 Å². The maximum Gasteiger partial charge on any atom is 0.224 e. The Morgan fingerprint density at radius 1 is 1.35 bits per heavy atom. The van der Waals surface area contributed by atoms with Gasteiger partial charge in [0.05, 0.1) is 6.42 Å². The number of fused-ring (bicyclic) bond motifs is 2. The average molecular weight is 315 g/mol. The minimum absolute atomic E-state index is 0. The largest absolute Gasteiger partial charge is 0.353 e. The van der Waals surface area contributed by atoms with Crippen molar-refractivity contribution in [2.75, 3.05) is 0 Å². The van der Waals surface area contributed by atoms with Gasteiger partial charge in [-0.3, -0.25) is 4.79 Å². The highest BCUT2D eigenvalue weighted by Crippen LogP contribution is 2.39. The van der Waals surface area contributed by atoms with Crippen LogP contribution in [0.25, 0.3) is 0 Å². The predicted molar refractivity (Wildman–Crippen MR) is 85.2 cm³/mol. The molecule has 0 radical (unpaired) electrons. The lowest BCUT2D eigenvalue weighted by Gasteiger charge is -2.45. The molecule has 0 saturated heterocycles. The Labute approximate surface area is 130 Å². The van der Waals surface area contributed by atoms with Crippen molar-refractivity contribution in [3.8, 4) is 0 Å². The first-order valence-electron chi connectivity index (χ1n) is 7.28. The molecule has 2 aliphatic rings. The van der Waals surface area contributed by atoms with Crippen LogP contribution in [0.5, 0.6) is 0 Å². The fraction of sp³-hybridized carbons (Fsp3) is 0.667. The lowest BCUT2D eigenvalue weighted by molar-refractivity contribution is -0.122. The van der Waals surface area contributed by atoms with Crippen LogP contribution in [0.2, 0.25) is 0 Å². The van der Waals surface area contributed by atoms with Crippen molar-refractivity contribution in [2.45, 2.75) is 50.6 Å². The Kier molecular flexibility index (Phi) is 5.47. The number of carbonyl (C=O) groups is 1. The van der Waals surface area contributed by atoms with E-state index in [1.54, 1.807) is 11.3 Å². The van der Waals surface area contributed by atoms with E-state index < -0.39 is 0 Å². The molecule has 2 unspecified atom stereocenters. The molecule has 2 saturated carbocycles. The summed E-state index contributed by atoms with van der Waals surface area (Å²) in [6.45, 7) is 0. The summed E-state index contributed by atoms with van der Waals surface area (Å²) < 4.78 is 0. The van der Waals surface area contributed by atoms with E-state index in [1.807, 2.05) is 11.4 Å². The van der Waals surface area contributed by atoms with Crippen molar-refractivity contribution < 1.29 is 4.79 Å². The number of nitrogens with two attached hydrogens (primary N) is 1. The Morgan fingerprint density at radius 3 is 2.65 bits per heavy atom. The van der Waals surface area contributed by atoms with Crippen molar-refractivity contribution >= 4 is 29.7 Å². The van der Waals surface area contributed by atoms with Crippen LogP contribution in [0, 0.1) is 11.8 Å². The number of hydrogen-bond donors (Lipinski definition) is 2. The van der Waals surface area contributed by atoms with Crippen molar-refractivity contribution in [3.63, 3.8) is 0 Å². The molecule has 2 bridgehead atoms. The standard InChI is InChI=1S/C15H22N2OS.ClH/c16-13-7-11-2-1-3-12(8-13)15(11)17-14(18)6-10-4-5-19-9-10;/h4-5,9,11-13,15H,1-3,6-8,16H2,(H,17,18);1H. The molecule has 2 atom stereocenters. The second kappa shape index (κ2) is 6.92. The van der Waals surface area contributed by atoms with Gasteiger partial charge in [0.25, 0.3) is 0 Å². The second-order valence-electron chi connectivity index (χ2n) is 6.08. The molecule has 1 aromatic rings. The van der Waals surface area contributed by atoms with Crippen LogP contribution in [0.4, 0.5) is 0 Å². The summed E-state index contributed by atoms with van der Waals surface area (Å²) in [5.41, 5.74) is 7.24. The summed E-state index contributed by atoms with van der Waals surface area (Å²) in [6, 6.07) is 2.75. The molecule has 2 aliphatic carbocycles. The fourth-order valence-corrected chi connectivity index (χ4v) is 4.51. The Balaban J connectivity index is 0.00000147. The number of carbonyl (C=O) groups excluding carboxylic acids is 1. The molecule has 20 heavy (non-hydrogen) atoms. The van der Waals surface area contributed by atoms with Crippen molar-refractivity contribution in [3.05, 3.63) is 22.4 Å². The maximum absolute atomic E-state index is 12.2. The van der Waals surface area contributed by atoms with Crippen molar-refractivity contribution in [1.29, 1.82) is 0 Å². The van der Waals surface area contributed by atoms with E-state index in [-0.39, 0.29) is 18.3 Å². The van der Waals surface area contributed by atoms with Crippen LogP contribution in [-0.2, 0) is 11.2 Å². The van der Waals surface area contributed by atoms with E-state index in [1.165, 1.54) is 19.3 Å². The van der Waals surface area contributed by atoms with Gasteiger partial charge >= 0.3 is 0 Å². The normalized spacial score (nSPS) is 32.2. The fourth-order valence-electron chi connectivity index (χ4n) is 3.84. The SMILES string of the molecule is Cl.NC1CC2CCCC(C1)C2NC(=O)Cc1ccsc1. The van der Waals surface area contributed by atoms with E-state index in [0.717, 1.165) is 18.4 Å². The number of rotatable bonds is 3. The van der Waals surface area contributed by atoms with E-state index >= 15 is 0 Å². The number of nitrogens with one attached hydrogen (secondary N) is 1. The molecule has 1 amide bonds. The van der Waals surface area contributed by atoms with Gasteiger partial charge in [0, 0.05) is 12.1 Å². The third-order valence-electron chi connectivity index (χ3n) is 4.65. The Bertz CT molecular complexity index is 423. The van der Waals surface area contributed by atoms with Gasteiger partial charge in [-0.1, -0.05) is 6.42 Å². The summed E-state index contributed by atoms with van der Waals surface area (Å²) in [7, 11) is 0. The molecule has 1 heterocycles. The average Bonchev–Trinajstić information content (AvgIpc) is 2.83. The highest BCUT2D eigenvalue weighted by Gasteiger charge is 2.39. The van der Waals surface area contributed by atoms with Crippen molar-refractivity contribution in [2.24, 2.45) is 17.6 Å². The van der Waals surface area contributed by atoms with Gasteiger partial charge in [0.15, 0.2) is 0 Å². The number of halogens is 1. The molecule has 0 aliphatic heterocycles. The minimum atomic E-state index is 0. The number of thiophene rings is 1. The summed E-state index contributed by atoms with van der Waals surface area (Å²) in [4.78, 5) is 12.2. The highest BCUT2D eigenvalue weighted by molar-refractivity contribution is 7.07.